The summed E-state index contributed by atoms with van der Waals surface area (Å²) in [5.74, 6) is -0.824. The highest BCUT2D eigenvalue weighted by molar-refractivity contribution is 5.99. The highest BCUT2D eigenvalue weighted by Gasteiger charge is 2.53. The molecular weight excluding hydrogens is 502 g/mol. The summed E-state index contributed by atoms with van der Waals surface area (Å²) in [5, 5.41) is 6.77. The summed E-state index contributed by atoms with van der Waals surface area (Å²) in [6.45, 7) is 5.40. The fourth-order valence-electron chi connectivity index (χ4n) is 6.37. The summed E-state index contributed by atoms with van der Waals surface area (Å²) < 4.78 is 10.7. The number of rotatable bonds is 9. The van der Waals surface area contributed by atoms with Gasteiger partial charge in [-0.25, -0.2) is 0 Å². The van der Waals surface area contributed by atoms with Crippen LogP contribution in [0.15, 0.2) is 29.4 Å². The Morgan fingerprint density at radius 1 is 1.18 bits per heavy atom. The van der Waals surface area contributed by atoms with Gasteiger partial charge >= 0.3 is 0 Å². The molecule has 0 radical (unpaired) electrons. The molecule has 0 unspecified atom stereocenters. The number of ether oxygens (including phenoxy) is 2. The second kappa shape index (κ2) is 12.3. The quantitative estimate of drug-likeness (QED) is 0.286. The van der Waals surface area contributed by atoms with Gasteiger partial charge in [0.1, 0.15) is 18.7 Å². The fraction of sp³-hybridized carbons (Fsp3) is 0.667. The molecule has 4 atom stereocenters. The Hall–Kier alpha value is -3.18. The number of ketones is 1. The van der Waals surface area contributed by atoms with E-state index < -0.39 is 24.2 Å². The van der Waals surface area contributed by atoms with Crippen molar-refractivity contribution < 1.29 is 23.9 Å². The van der Waals surface area contributed by atoms with Gasteiger partial charge in [-0.05, 0) is 48.6 Å². The van der Waals surface area contributed by atoms with Crippen LogP contribution in [0, 0.1) is 5.92 Å². The number of amides is 2. The van der Waals surface area contributed by atoms with Crippen molar-refractivity contribution in [1.29, 1.82) is 0 Å². The molecule has 12 heteroatoms. The predicted molar refractivity (Wildman–Crippen MR) is 143 cm³/mol. The van der Waals surface area contributed by atoms with E-state index in [9.17, 15) is 14.4 Å². The molecule has 3 saturated heterocycles. The number of hydrogen-bond acceptors (Lipinski definition) is 8. The van der Waals surface area contributed by atoms with E-state index in [1.807, 2.05) is 12.1 Å². The van der Waals surface area contributed by atoms with Crippen LogP contribution in [0.5, 0.6) is 0 Å². The van der Waals surface area contributed by atoms with Crippen molar-refractivity contribution in [2.75, 3.05) is 64.5 Å². The van der Waals surface area contributed by atoms with Crippen LogP contribution in [0.2, 0.25) is 0 Å². The lowest BCUT2D eigenvalue weighted by Gasteiger charge is -2.36. The maximum Gasteiger partial charge on any atom is 0.251 e. The second-order valence-electron chi connectivity index (χ2n) is 10.8. The predicted octanol–water partition coefficient (Wildman–Crippen LogP) is 1.60. The topological polar surface area (TPSA) is 140 Å². The molecule has 1 N–H and O–H groups in total. The number of benzene rings is 1. The molecule has 5 rings (SSSR count). The number of carbonyl (C=O) groups is 3. The van der Waals surface area contributed by atoms with Crippen LogP contribution >= 0.6 is 0 Å². The van der Waals surface area contributed by atoms with Gasteiger partial charge in [0.05, 0.1) is 18.8 Å². The summed E-state index contributed by atoms with van der Waals surface area (Å²) in [5.41, 5.74) is 10.5. The van der Waals surface area contributed by atoms with Crippen LogP contribution in [0.4, 0.5) is 5.69 Å². The molecule has 3 heterocycles. The van der Waals surface area contributed by atoms with Gasteiger partial charge < -0.3 is 24.6 Å². The first-order valence-corrected chi connectivity index (χ1v) is 13.9. The Kier molecular flexibility index (Phi) is 8.66. The first kappa shape index (κ1) is 27.4. The van der Waals surface area contributed by atoms with E-state index in [-0.39, 0.29) is 36.7 Å². The summed E-state index contributed by atoms with van der Waals surface area (Å²) >= 11 is 0. The Bertz CT molecular complexity index is 1090. The van der Waals surface area contributed by atoms with Gasteiger partial charge in [0.25, 0.3) is 5.91 Å². The van der Waals surface area contributed by atoms with Gasteiger partial charge in [0.15, 0.2) is 5.78 Å². The molecule has 0 aromatic heterocycles. The number of methoxy groups -OCH3 is 1. The maximum atomic E-state index is 13.8. The average molecular weight is 540 g/mol. The maximum absolute atomic E-state index is 13.8. The van der Waals surface area contributed by atoms with Crippen molar-refractivity contribution in [2.24, 2.45) is 11.0 Å². The van der Waals surface area contributed by atoms with Crippen LogP contribution in [0.25, 0.3) is 10.4 Å². The minimum Gasteiger partial charge on any atom is -0.383 e. The van der Waals surface area contributed by atoms with E-state index in [0.717, 1.165) is 70.7 Å². The highest BCUT2D eigenvalue weighted by atomic mass is 16.5. The number of anilines is 1. The van der Waals surface area contributed by atoms with Crippen molar-refractivity contribution in [3.05, 3.63) is 40.3 Å². The molecule has 2 amide bonds. The molecule has 12 nitrogen and oxygen atoms in total. The van der Waals surface area contributed by atoms with Crippen LogP contribution in [0.1, 0.15) is 36.0 Å². The van der Waals surface area contributed by atoms with Crippen molar-refractivity contribution in [1.82, 2.24) is 15.1 Å². The van der Waals surface area contributed by atoms with Gasteiger partial charge in [-0.15, -0.1) is 0 Å². The molecule has 4 fully saturated rings. The van der Waals surface area contributed by atoms with Crippen molar-refractivity contribution in [3.63, 3.8) is 0 Å². The highest BCUT2D eigenvalue weighted by Crippen LogP contribution is 2.34. The van der Waals surface area contributed by atoms with Gasteiger partial charge in [0.2, 0.25) is 5.91 Å². The summed E-state index contributed by atoms with van der Waals surface area (Å²) in [7, 11) is 1.72. The molecule has 0 bridgehead atoms. The van der Waals surface area contributed by atoms with Gasteiger partial charge in [-0.1, -0.05) is 18.0 Å². The lowest BCUT2D eigenvalue weighted by Crippen LogP contribution is -2.54. The SMILES string of the molecule is COCCN1CCN(c2ccc(C(=O)N[C@H](C(=O)N3C[C@@H](N=[N+]=[N-])[C@H]4OCC(=O)[C@H]43)C3CCCC3)cc2)CC1. The molecule has 4 aliphatic rings. The minimum atomic E-state index is -0.775. The van der Waals surface area contributed by atoms with E-state index in [0.29, 0.717) is 5.56 Å². The van der Waals surface area contributed by atoms with E-state index in [2.05, 4.69) is 25.1 Å². The number of nitrogens with zero attached hydrogens (tertiary/aromatic N) is 6. The third-order valence-corrected chi connectivity index (χ3v) is 8.54. The Labute approximate surface area is 228 Å². The van der Waals surface area contributed by atoms with Crippen LogP contribution in [0.3, 0.4) is 0 Å². The molecule has 1 aromatic carbocycles. The van der Waals surface area contributed by atoms with E-state index in [1.165, 1.54) is 4.90 Å². The Balaban J connectivity index is 1.26. The van der Waals surface area contributed by atoms with Gasteiger partial charge in [-0.2, -0.15) is 0 Å². The molecular formula is C27H37N7O5. The summed E-state index contributed by atoms with van der Waals surface area (Å²) in [4.78, 5) is 48.8. The van der Waals surface area contributed by atoms with E-state index in [4.69, 9.17) is 15.0 Å². The Morgan fingerprint density at radius 3 is 2.56 bits per heavy atom. The summed E-state index contributed by atoms with van der Waals surface area (Å²) in [6, 6.07) is 5.37. The standard InChI is InChI=1S/C27H37N7O5/c1-38-15-14-32-10-12-33(13-11-32)20-8-6-19(7-9-20)26(36)29-23(18-4-2-3-5-18)27(37)34-16-21(30-31-28)25-24(34)22(35)17-39-25/h6-9,18,21,23-25H,2-5,10-17H2,1H3,(H,29,36)/t21-,23+,24-,25-/m1/s1. The zero-order chi connectivity index (χ0) is 27.4. The largest absolute Gasteiger partial charge is 0.383 e. The summed E-state index contributed by atoms with van der Waals surface area (Å²) in [6.07, 6.45) is 3.02. The zero-order valence-corrected chi connectivity index (χ0v) is 22.4. The number of likely N-dealkylation sites (tertiary alicyclic amines) is 1. The average Bonchev–Trinajstić information content (AvgIpc) is 3.71. The van der Waals surface area contributed by atoms with Crippen LogP contribution in [-0.4, -0.2) is 111 Å². The van der Waals surface area contributed by atoms with Crippen molar-refractivity contribution >= 4 is 23.3 Å². The van der Waals surface area contributed by atoms with Crippen molar-refractivity contribution in [2.45, 2.75) is 49.9 Å². The Morgan fingerprint density at radius 2 is 1.90 bits per heavy atom. The van der Waals surface area contributed by atoms with E-state index in [1.54, 1.807) is 19.2 Å². The number of fused-ring (bicyclic) bond motifs is 1. The lowest BCUT2D eigenvalue weighted by molar-refractivity contribution is -0.139. The van der Waals surface area contributed by atoms with Gasteiger partial charge in [0, 0.05) is 62.5 Å². The first-order chi connectivity index (χ1) is 19.0. The number of hydrogen-bond donors (Lipinski definition) is 1. The number of Topliss-reactive ketones (excluding diaryl/α,β-unsaturated/α-hetero) is 1. The molecule has 39 heavy (non-hydrogen) atoms. The molecule has 210 valence electrons. The monoisotopic (exact) mass is 539 g/mol. The zero-order valence-electron chi connectivity index (χ0n) is 22.4. The number of piperazine rings is 1. The molecule has 0 spiro atoms. The van der Waals surface area contributed by atoms with Crippen LogP contribution in [-0.2, 0) is 19.1 Å². The molecule has 1 saturated carbocycles. The van der Waals surface area contributed by atoms with Crippen LogP contribution < -0.4 is 10.2 Å². The number of azide groups is 1. The lowest BCUT2D eigenvalue weighted by atomic mass is 9.95. The third kappa shape index (κ3) is 5.89. The van der Waals surface area contributed by atoms with E-state index >= 15 is 0 Å². The molecule has 1 aliphatic carbocycles. The van der Waals surface area contributed by atoms with Crippen molar-refractivity contribution in [3.8, 4) is 0 Å². The first-order valence-electron chi connectivity index (χ1n) is 13.9. The normalized spacial score (nSPS) is 26.4. The molecule has 3 aliphatic heterocycles. The fourth-order valence-corrected chi connectivity index (χ4v) is 6.37. The molecule has 1 aromatic rings. The number of nitrogens with one attached hydrogen (secondary N) is 1. The second-order valence-corrected chi connectivity index (χ2v) is 10.8. The number of carbonyl (C=O) groups excluding carboxylic acids is 3. The minimum absolute atomic E-state index is 0.00970. The third-order valence-electron chi connectivity index (χ3n) is 8.54. The van der Waals surface area contributed by atoms with Gasteiger partial charge in [-0.3, -0.25) is 19.3 Å². The smallest absolute Gasteiger partial charge is 0.251 e.